The molecule has 0 aromatic rings. The zero-order chi connectivity index (χ0) is 6.69. The van der Waals surface area contributed by atoms with E-state index in [1.807, 2.05) is 0 Å². The quantitative estimate of drug-likeness (QED) is 0.555. The molecule has 0 amide bonds. The van der Waals surface area contributed by atoms with Gasteiger partial charge in [-0.15, -0.1) is 0 Å². The van der Waals surface area contributed by atoms with E-state index in [0.717, 1.165) is 19.4 Å². The molecule has 1 heterocycles. The Balaban J connectivity index is 2.19. The van der Waals surface area contributed by atoms with Gasteiger partial charge < -0.3 is 4.74 Å². The maximum atomic E-state index is 12.1. The topological polar surface area (TPSA) is 9.23 Å². The Morgan fingerprint density at radius 2 is 2.56 bits per heavy atom. The minimum Gasteiger partial charge on any atom is -0.378 e. The fraction of sp³-hybridized carbons (Fsp3) is 0.714. The van der Waals surface area contributed by atoms with Gasteiger partial charge in [0, 0.05) is 13.0 Å². The Kier molecular flexibility index (Phi) is 2.22. The van der Waals surface area contributed by atoms with Gasteiger partial charge in [-0.05, 0) is 12.8 Å². The molecule has 52 valence electrons. The van der Waals surface area contributed by atoms with Gasteiger partial charge in [0.15, 0.2) is 0 Å². The van der Waals surface area contributed by atoms with Gasteiger partial charge in [-0.2, -0.15) is 0 Å². The average Bonchev–Trinajstić information content (AvgIpc) is 2.15. The second-order valence-corrected chi connectivity index (χ2v) is 2.36. The molecule has 0 aliphatic carbocycles. The third-order valence-corrected chi connectivity index (χ3v) is 1.47. The highest BCUT2D eigenvalue weighted by atomic mass is 19.1. The van der Waals surface area contributed by atoms with Crippen LogP contribution in [0, 0.1) is 0 Å². The second-order valence-electron chi connectivity index (χ2n) is 2.36. The maximum absolute atomic E-state index is 12.1. The van der Waals surface area contributed by atoms with Crippen molar-refractivity contribution >= 4 is 0 Å². The Labute approximate surface area is 54.5 Å². The number of hydrogen-bond donors (Lipinski definition) is 0. The van der Waals surface area contributed by atoms with Crippen LogP contribution in [0.3, 0.4) is 0 Å². The molecular weight excluding hydrogens is 119 g/mol. The molecule has 1 aliphatic heterocycles. The summed E-state index contributed by atoms with van der Waals surface area (Å²) in [5, 5.41) is 0. The Morgan fingerprint density at radius 3 is 3.00 bits per heavy atom. The molecular formula is C7H11FO. The Bertz CT molecular complexity index is 105. The highest BCUT2D eigenvalue weighted by Gasteiger charge is 2.15. The van der Waals surface area contributed by atoms with E-state index in [0.29, 0.717) is 6.42 Å². The fourth-order valence-corrected chi connectivity index (χ4v) is 1.05. The summed E-state index contributed by atoms with van der Waals surface area (Å²) < 4.78 is 17.2. The first-order chi connectivity index (χ1) is 4.29. The first-order valence-electron chi connectivity index (χ1n) is 3.24. The number of halogens is 1. The molecule has 0 radical (unpaired) electrons. The number of rotatable bonds is 2. The van der Waals surface area contributed by atoms with Crippen LogP contribution >= 0.6 is 0 Å². The van der Waals surface area contributed by atoms with E-state index in [4.69, 9.17) is 4.74 Å². The van der Waals surface area contributed by atoms with Crippen molar-refractivity contribution in [2.24, 2.45) is 0 Å². The van der Waals surface area contributed by atoms with Gasteiger partial charge in [0.05, 0.1) is 11.9 Å². The minimum atomic E-state index is -0.262. The van der Waals surface area contributed by atoms with Crippen LogP contribution in [0.5, 0.6) is 0 Å². The van der Waals surface area contributed by atoms with Crippen molar-refractivity contribution in [2.45, 2.75) is 25.4 Å². The Morgan fingerprint density at radius 1 is 1.78 bits per heavy atom. The van der Waals surface area contributed by atoms with Crippen LogP contribution < -0.4 is 0 Å². The van der Waals surface area contributed by atoms with Crippen molar-refractivity contribution in [3.05, 3.63) is 12.4 Å². The van der Waals surface area contributed by atoms with E-state index in [-0.39, 0.29) is 11.9 Å². The van der Waals surface area contributed by atoms with Crippen LogP contribution in [0.15, 0.2) is 12.4 Å². The van der Waals surface area contributed by atoms with Gasteiger partial charge in [0.2, 0.25) is 0 Å². The van der Waals surface area contributed by atoms with E-state index in [1.54, 1.807) is 0 Å². The van der Waals surface area contributed by atoms with Crippen molar-refractivity contribution in [1.82, 2.24) is 0 Å². The van der Waals surface area contributed by atoms with Gasteiger partial charge in [0.25, 0.3) is 0 Å². The zero-order valence-electron chi connectivity index (χ0n) is 5.40. The summed E-state index contributed by atoms with van der Waals surface area (Å²) >= 11 is 0. The van der Waals surface area contributed by atoms with Crippen molar-refractivity contribution < 1.29 is 9.13 Å². The summed E-state index contributed by atoms with van der Waals surface area (Å²) in [6.07, 6.45) is 2.56. The van der Waals surface area contributed by atoms with Crippen molar-refractivity contribution in [3.8, 4) is 0 Å². The van der Waals surface area contributed by atoms with E-state index in [9.17, 15) is 4.39 Å². The van der Waals surface area contributed by atoms with Gasteiger partial charge in [0.1, 0.15) is 0 Å². The predicted molar refractivity (Wildman–Crippen MR) is 33.8 cm³/mol. The van der Waals surface area contributed by atoms with Crippen LogP contribution in [0.2, 0.25) is 0 Å². The fourth-order valence-electron chi connectivity index (χ4n) is 1.05. The van der Waals surface area contributed by atoms with Crippen molar-refractivity contribution in [2.75, 3.05) is 6.61 Å². The van der Waals surface area contributed by atoms with Crippen LogP contribution in [-0.4, -0.2) is 12.7 Å². The molecule has 1 saturated heterocycles. The lowest BCUT2D eigenvalue weighted by Gasteiger charge is -2.04. The maximum Gasteiger partial charge on any atom is 0.0953 e. The third-order valence-electron chi connectivity index (χ3n) is 1.47. The predicted octanol–water partition coefficient (Wildman–Crippen LogP) is 2.04. The molecule has 1 nitrogen and oxygen atoms in total. The monoisotopic (exact) mass is 130 g/mol. The lowest BCUT2D eigenvalue weighted by atomic mass is 10.2. The number of hydrogen-bond acceptors (Lipinski definition) is 1. The van der Waals surface area contributed by atoms with Gasteiger partial charge in [-0.3, -0.25) is 0 Å². The molecule has 1 atom stereocenters. The molecule has 1 aliphatic rings. The first kappa shape index (κ1) is 6.75. The molecule has 1 rings (SSSR count). The van der Waals surface area contributed by atoms with E-state index in [2.05, 4.69) is 6.58 Å². The molecule has 0 unspecified atom stereocenters. The number of ether oxygens (including phenoxy) is 1. The van der Waals surface area contributed by atoms with E-state index >= 15 is 0 Å². The molecule has 9 heavy (non-hydrogen) atoms. The summed E-state index contributed by atoms with van der Waals surface area (Å²) in [5.74, 6) is -0.262. The van der Waals surface area contributed by atoms with Crippen molar-refractivity contribution in [1.29, 1.82) is 0 Å². The van der Waals surface area contributed by atoms with Crippen LogP contribution in [0.4, 0.5) is 4.39 Å². The summed E-state index contributed by atoms with van der Waals surface area (Å²) in [4.78, 5) is 0. The molecule has 0 N–H and O–H groups in total. The summed E-state index contributed by atoms with van der Waals surface area (Å²) in [5.41, 5.74) is 0. The van der Waals surface area contributed by atoms with Crippen LogP contribution in [0.1, 0.15) is 19.3 Å². The van der Waals surface area contributed by atoms with E-state index in [1.165, 1.54) is 0 Å². The van der Waals surface area contributed by atoms with Gasteiger partial charge in [-0.25, -0.2) is 4.39 Å². The highest BCUT2D eigenvalue weighted by molar-refractivity contribution is 4.85. The van der Waals surface area contributed by atoms with Crippen molar-refractivity contribution in [3.63, 3.8) is 0 Å². The molecule has 0 saturated carbocycles. The average molecular weight is 130 g/mol. The van der Waals surface area contributed by atoms with Gasteiger partial charge in [-0.1, -0.05) is 6.58 Å². The Hall–Kier alpha value is -0.370. The lowest BCUT2D eigenvalue weighted by molar-refractivity contribution is 0.107. The third kappa shape index (κ3) is 2.14. The largest absolute Gasteiger partial charge is 0.378 e. The summed E-state index contributed by atoms with van der Waals surface area (Å²) in [6, 6.07) is 0. The zero-order valence-corrected chi connectivity index (χ0v) is 5.40. The molecule has 2 heteroatoms. The van der Waals surface area contributed by atoms with E-state index < -0.39 is 0 Å². The normalized spacial score (nSPS) is 26.6. The minimum absolute atomic E-state index is 0.113. The highest BCUT2D eigenvalue weighted by Crippen LogP contribution is 2.18. The molecule has 1 fully saturated rings. The molecule has 0 spiro atoms. The first-order valence-corrected chi connectivity index (χ1v) is 3.24. The molecule has 0 aromatic heterocycles. The lowest BCUT2D eigenvalue weighted by Crippen LogP contribution is -2.03. The van der Waals surface area contributed by atoms with Gasteiger partial charge >= 0.3 is 0 Å². The summed E-state index contributed by atoms with van der Waals surface area (Å²) in [7, 11) is 0. The standard InChI is InChI=1S/C7H11FO/c1-6(8)5-7-3-2-4-9-7/h7H,1-5H2/t7-/m1/s1. The van der Waals surface area contributed by atoms with Crippen LogP contribution in [0.25, 0.3) is 0 Å². The second kappa shape index (κ2) is 2.97. The summed E-state index contributed by atoms with van der Waals surface area (Å²) in [6.45, 7) is 3.96. The molecule has 0 bridgehead atoms. The smallest absolute Gasteiger partial charge is 0.0953 e. The SMILES string of the molecule is C=C(F)C[C@H]1CCCO1. The molecule has 0 aromatic carbocycles. The van der Waals surface area contributed by atoms with Crippen LogP contribution in [-0.2, 0) is 4.74 Å².